The van der Waals surface area contributed by atoms with Crippen LogP contribution in [-0.2, 0) is 14.3 Å². The van der Waals surface area contributed by atoms with Gasteiger partial charge in [-0.1, -0.05) is 63.4 Å². The highest BCUT2D eigenvalue weighted by molar-refractivity contribution is 9.10. The van der Waals surface area contributed by atoms with Gasteiger partial charge in [0.1, 0.15) is 6.10 Å². The number of carbonyl (C=O) groups is 2. The van der Waals surface area contributed by atoms with Crippen molar-refractivity contribution in [2.75, 3.05) is 0 Å². The van der Waals surface area contributed by atoms with Crippen LogP contribution < -0.4 is 0 Å². The van der Waals surface area contributed by atoms with Gasteiger partial charge in [0, 0.05) is 0 Å². The summed E-state index contributed by atoms with van der Waals surface area (Å²) in [6, 6.07) is 0. The Hall–Kier alpha value is -0.580. The molecule has 0 aliphatic rings. The summed E-state index contributed by atoms with van der Waals surface area (Å²) in [4.78, 5) is 23.6. The Labute approximate surface area is 136 Å². The van der Waals surface area contributed by atoms with E-state index < -0.39 is 16.3 Å². The number of alkyl halides is 1. The van der Waals surface area contributed by atoms with Crippen LogP contribution in [0.2, 0.25) is 0 Å². The first-order chi connectivity index (χ1) is 9.66. The highest BCUT2D eigenvalue weighted by Crippen LogP contribution is 2.31. The molecule has 0 saturated heterocycles. The Kier molecular flexibility index (Phi) is 9.18. The quantitative estimate of drug-likeness (QED) is 0.270. The van der Waals surface area contributed by atoms with Gasteiger partial charge in [0.25, 0.3) is 0 Å². The van der Waals surface area contributed by atoms with Gasteiger partial charge in [0.05, 0.1) is 0 Å². The van der Waals surface area contributed by atoms with Crippen molar-refractivity contribution < 1.29 is 19.4 Å². The van der Waals surface area contributed by atoms with Crippen LogP contribution in [-0.4, -0.2) is 27.5 Å². The van der Waals surface area contributed by atoms with Crippen molar-refractivity contribution in [2.45, 2.75) is 77.2 Å². The molecule has 1 N–H and O–H groups in total. The average molecular weight is 365 g/mol. The Balaban J connectivity index is 4.53. The third-order valence-electron chi connectivity index (χ3n) is 3.69. The van der Waals surface area contributed by atoms with E-state index in [1.807, 2.05) is 6.92 Å². The second-order valence-corrected chi connectivity index (χ2v) is 7.54. The lowest BCUT2D eigenvalue weighted by Crippen LogP contribution is -2.47. The molecule has 0 aromatic carbocycles. The number of esters is 1. The molecule has 21 heavy (non-hydrogen) atoms. The molecule has 0 spiro atoms. The van der Waals surface area contributed by atoms with Crippen molar-refractivity contribution in [3.8, 4) is 0 Å². The van der Waals surface area contributed by atoms with Gasteiger partial charge < -0.3 is 9.84 Å². The lowest BCUT2D eigenvalue weighted by atomic mass is 9.95. The van der Waals surface area contributed by atoms with Gasteiger partial charge in [0.2, 0.25) is 4.32 Å². The molecule has 2 unspecified atom stereocenters. The van der Waals surface area contributed by atoms with E-state index in [1.165, 1.54) is 0 Å². The zero-order valence-corrected chi connectivity index (χ0v) is 15.4. The number of halogens is 1. The van der Waals surface area contributed by atoms with Gasteiger partial charge in [0.15, 0.2) is 0 Å². The Bertz CT molecular complexity index is 341. The monoisotopic (exact) mass is 364 g/mol. The first-order valence-electron chi connectivity index (χ1n) is 7.79. The van der Waals surface area contributed by atoms with Gasteiger partial charge in [-0.2, -0.15) is 0 Å². The summed E-state index contributed by atoms with van der Waals surface area (Å²) >= 11 is 3.06. The van der Waals surface area contributed by atoms with Crippen LogP contribution in [0.15, 0.2) is 0 Å². The van der Waals surface area contributed by atoms with Crippen LogP contribution in [0.3, 0.4) is 0 Å². The number of unbranched alkanes of at least 4 members (excludes halogenated alkanes) is 1. The standard InChI is InChI=1S/C16H29BrO4/c1-6-13(10-8-7-9-11(2)3)21-15(20)16(17,12(4)5)14(18)19/h11-13H,6-10H2,1-5H3,(H,18,19). The first kappa shape index (κ1) is 20.4. The predicted octanol–water partition coefficient (Wildman–Crippen LogP) is 4.40. The number of carboxylic acids is 1. The number of hydrogen-bond donors (Lipinski definition) is 1. The maximum Gasteiger partial charge on any atom is 0.335 e. The van der Waals surface area contributed by atoms with E-state index in [0.29, 0.717) is 12.3 Å². The fourth-order valence-electron chi connectivity index (χ4n) is 2.08. The van der Waals surface area contributed by atoms with Gasteiger partial charge in [-0.3, -0.25) is 4.79 Å². The Morgan fingerprint density at radius 2 is 1.67 bits per heavy atom. The lowest BCUT2D eigenvalue weighted by molar-refractivity contribution is -0.161. The topological polar surface area (TPSA) is 63.6 Å². The summed E-state index contributed by atoms with van der Waals surface area (Å²) in [6.07, 6.45) is 4.54. The second-order valence-electron chi connectivity index (χ2n) is 6.29. The minimum absolute atomic E-state index is 0.209. The maximum atomic E-state index is 12.2. The smallest absolute Gasteiger partial charge is 0.335 e. The van der Waals surface area contributed by atoms with Crippen molar-refractivity contribution in [3.63, 3.8) is 0 Å². The van der Waals surface area contributed by atoms with Crippen molar-refractivity contribution in [1.82, 2.24) is 0 Å². The molecule has 0 aromatic heterocycles. The predicted molar refractivity (Wildman–Crippen MR) is 87.6 cm³/mol. The number of aliphatic carboxylic acids is 1. The van der Waals surface area contributed by atoms with Gasteiger partial charge in [-0.25, -0.2) is 4.79 Å². The second kappa shape index (κ2) is 9.44. The fraction of sp³-hybridized carbons (Fsp3) is 0.875. The summed E-state index contributed by atoms with van der Waals surface area (Å²) in [7, 11) is 0. The van der Waals surface area contributed by atoms with E-state index in [2.05, 4.69) is 29.8 Å². The molecule has 0 heterocycles. The summed E-state index contributed by atoms with van der Waals surface area (Å²) in [5.41, 5.74) is 0. The largest absolute Gasteiger partial charge is 0.480 e. The first-order valence-corrected chi connectivity index (χ1v) is 8.58. The number of carbonyl (C=O) groups excluding carboxylic acids is 1. The number of rotatable bonds is 10. The number of hydrogen-bond acceptors (Lipinski definition) is 3. The SMILES string of the molecule is CCC(CCCCC(C)C)OC(=O)C(Br)(C(=O)O)C(C)C. The molecule has 0 fully saturated rings. The van der Waals surface area contributed by atoms with E-state index in [4.69, 9.17) is 4.74 Å². The van der Waals surface area contributed by atoms with Crippen LogP contribution in [0.5, 0.6) is 0 Å². The summed E-state index contributed by atoms with van der Waals surface area (Å²) in [5.74, 6) is -1.60. The van der Waals surface area contributed by atoms with Gasteiger partial charge in [-0.15, -0.1) is 0 Å². The lowest BCUT2D eigenvalue weighted by Gasteiger charge is -2.27. The minimum Gasteiger partial charge on any atom is -0.480 e. The third-order valence-corrected chi connectivity index (χ3v) is 5.27. The van der Waals surface area contributed by atoms with Crippen molar-refractivity contribution in [1.29, 1.82) is 0 Å². The van der Waals surface area contributed by atoms with E-state index in [-0.39, 0.29) is 12.0 Å². The van der Waals surface area contributed by atoms with Crippen LogP contribution in [0.4, 0.5) is 0 Å². The molecular weight excluding hydrogens is 336 g/mol. The molecule has 0 radical (unpaired) electrons. The van der Waals surface area contributed by atoms with Gasteiger partial charge >= 0.3 is 11.9 Å². The molecule has 5 heteroatoms. The van der Waals surface area contributed by atoms with Crippen LogP contribution in [0.25, 0.3) is 0 Å². The molecule has 0 aliphatic carbocycles. The van der Waals surface area contributed by atoms with E-state index in [0.717, 1.165) is 25.7 Å². The zero-order chi connectivity index (χ0) is 16.6. The highest BCUT2D eigenvalue weighted by atomic mass is 79.9. The third kappa shape index (κ3) is 6.37. The van der Waals surface area contributed by atoms with Gasteiger partial charge in [-0.05, 0) is 31.1 Å². The molecule has 0 amide bonds. The van der Waals surface area contributed by atoms with Crippen molar-refractivity contribution in [3.05, 3.63) is 0 Å². The van der Waals surface area contributed by atoms with Crippen molar-refractivity contribution >= 4 is 27.9 Å². The molecular formula is C16H29BrO4. The van der Waals surface area contributed by atoms with Crippen LogP contribution in [0.1, 0.15) is 66.7 Å². The van der Waals surface area contributed by atoms with Crippen LogP contribution >= 0.6 is 15.9 Å². The zero-order valence-electron chi connectivity index (χ0n) is 13.8. The minimum atomic E-state index is -1.65. The Morgan fingerprint density at radius 1 is 1.14 bits per heavy atom. The molecule has 0 aromatic rings. The average Bonchev–Trinajstić information content (AvgIpc) is 2.39. The fourth-order valence-corrected chi connectivity index (χ4v) is 2.17. The number of ether oxygens (including phenoxy) is 1. The van der Waals surface area contributed by atoms with E-state index in [9.17, 15) is 14.7 Å². The highest BCUT2D eigenvalue weighted by Gasteiger charge is 2.49. The summed E-state index contributed by atoms with van der Waals surface area (Å²) in [5, 5.41) is 9.29. The molecule has 124 valence electrons. The van der Waals surface area contributed by atoms with Crippen LogP contribution in [0, 0.1) is 11.8 Å². The van der Waals surface area contributed by atoms with E-state index >= 15 is 0 Å². The maximum absolute atomic E-state index is 12.2. The summed E-state index contributed by atoms with van der Waals surface area (Å²) in [6.45, 7) is 9.70. The summed E-state index contributed by atoms with van der Waals surface area (Å²) < 4.78 is 3.77. The molecule has 2 atom stereocenters. The molecule has 4 nitrogen and oxygen atoms in total. The molecule has 0 rings (SSSR count). The molecule has 0 saturated carbocycles. The normalized spacial score (nSPS) is 15.8. The number of carboxylic acid groups (broad SMARTS) is 1. The molecule has 0 aliphatic heterocycles. The molecule has 0 bridgehead atoms. The van der Waals surface area contributed by atoms with E-state index in [1.54, 1.807) is 13.8 Å². The van der Waals surface area contributed by atoms with Crippen molar-refractivity contribution in [2.24, 2.45) is 11.8 Å². The Morgan fingerprint density at radius 3 is 2.05 bits per heavy atom.